The fraction of sp³-hybridized carbons (Fsp3) is 0.875. The van der Waals surface area contributed by atoms with Gasteiger partial charge in [-0.15, -0.1) is 0 Å². The van der Waals surface area contributed by atoms with Gasteiger partial charge in [-0.25, -0.2) is 0 Å². The molecule has 3 N–H and O–H groups in total. The summed E-state index contributed by atoms with van der Waals surface area (Å²) in [5.74, 6) is -0.249. The lowest BCUT2D eigenvalue weighted by Gasteiger charge is -2.24. The maximum Gasteiger partial charge on any atom is 0.239 e. The van der Waals surface area contributed by atoms with Crippen molar-refractivity contribution in [3.05, 3.63) is 0 Å². The van der Waals surface area contributed by atoms with Crippen LogP contribution in [0, 0.1) is 0 Å². The minimum Gasteiger partial charge on any atom is -0.368 e. The van der Waals surface area contributed by atoms with Gasteiger partial charge in [0.2, 0.25) is 5.91 Å². The molecule has 1 fully saturated rings. The van der Waals surface area contributed by atoms with Crippen LogP contribution < -0.4 is 11.1 Å². The molecule has 0 spiro atoms. The number of primary amides is 1. The molecule has 1 heterocycles. The molecule has 0 saturated carbocycles. The third kappa shape index (κ3) is 1.32. The predicted molar refractivity (Wildman–Crippen MR) is 47.7 cm³/mol. The molecule has 2 unspecified atom stereocenters. The standard InChI is InChI=1S/C8H17N3O/c1-6-4-8(10-2,7(9)12)5-11(6)3/h6,10H,4-5H2,1-3H3,(H2,9,12). The molecule has 0 aromatic carbocycles. The van der Waals surface area contributed by atoms with Gasteiger partial charge in [0.05, 0.1) is 0 Å². The summed E-state index contributed by atoms with van der Waals surface area (Å²) in [7, 11) is 3.79. The van der Waals surface area contributed by atoms with E-state index in [2.05, 4.69) is 17.1 Å². The highest BCUT2D eigenvalue weighted by Gasteiger charge is 2.44. The minimum atomic E-state index is -0.506. The molecule has 0 aromatic rings. The van der Waals surface area contributed by atoms with Crippen LogP contribution in [-0.4, -0.2) is 43.0 Å². The van der Waals surface area contributed by atoms with E-state index in [1.165, 1.54) is 0 Å². The van der Waals surface area contributed by atoms with Gasteiger partial charge in [0.15, 0.2) is 0 Å². The van der Waals surface area contributed by atoms with E-state index in [4.69, 9.17) is 5.73 Å². The van der Waals surface area contributed by atoms with Gasteiger partial charge in [-0.1, -0.05) is 0 Å². The Morgan fingerprint density at radius 2 is 2.33 bits per heavy atom. The van der Waals surface area contributed by atoms with Gasteiger partial charge < -0.3 is 16.0 Å². The number of nitrogens with two attached hydrogens (primary N) is 1. The van der Waals surface area contributed by atoms with Crippen LogP contribution in [-0.2, 0) is 4.79 Å². The Balaban J connectivity index is 2.78. The van der Waals surface area contributed by atoms with E-state index >= 15 is 0 Å². The smallest absolute Gasteiger partial charge is 0.239 e. The first-order valence-corrected chi connectivity index (χ1v) is 4.21. The van der Waals surface area contributed by atoms with Gasteiger partial charge in [-0.05, 0) is 27.4 Å². The largest absolute Gasteiger partial charge is 0.368 e. The predicted octanol–water partition coefficient (Wildman–Crippen LogP) is -0.846. The number of nitrogens with zero attached hydrogens (tertiary/aromatic N) is 1. The lowest BCUT2D eigenvalue weighted by molar-refractivity contribution is -0.123. The van der Waals surface area contributed by atoms with E-state index < -0.39 is 5.54 Å². The van der Waals surface area contributed by atoms with E-state index in [9.17, 15) is 4.79 Å². The van der Waals surface area contributed by atoms with Crippen LogP contribution in [0.25, 0.3) is 0 Å². The van der Waals surface area contributed by atoms with Crippen LogP contribution in [0.4, 0.5) is 0 Å². The SMILES string of the molecule is CNC1(C(N)=O)CC(C)N(C)C1. The average Bonchev–Trinajstić information content (AvgIpc) is 2.29. The molecule has 1 aliphatic rings. The van der Waals surface area contributed by atoms with Crippen molar-refractivity contribution in [1.82, 2.24) is 10.2 Å². The molecule has 1 saturated heterocycles. The Labute approximate surface area is 73.1 Å². The molecule has 1 amide bonds. The van der Waals surface area contributed by atoms with Crippen molar-refractivity contribution in [1.29, 1.82) is 0 Å². The molecule has 1 aliphatic heterocycles. The third-order valence-electron chi connectivity index (χ3n) is 2.87. The fourth-order valence-electron chi connectivity index (χ4n) is 1.79. The number of amides is 1. The van der Waals surface area contributed by atoms with Crippen LogP contribution in [0.15, 0.2) is 0 Å². The monoisotopic (exact) mass is 171 g/mol. The topological polar surface area (TPSA) is 58.4 Å². The lowest BCUT2D eigenvalue weighted by Crippen LogP contribution is -2.55. The van der Waals surface area contributed by atoms with Crippen LogP contribution in [0.3, 0.4) is 0 Å². The minimum absolute atomic E-state index is 0.249. The molecule has 70 valence electrons. The second-order valence-corrected chi connectivity index (χ2v) is 3.66. The van der Waals surface area contributed by atoms with Crippen molar-refractivity contribution in [3.8, 4) is 0 Å². The van der Waals surface area contributed by atoms with Crippen LogP contribution in [0.2, 0.25) is 0 Å². The first-order valence-electron chi connectivity index (χ1n) is 4.21. The van der Waals surface area contributed by atoms with E-state index in [1.807, 2.05) is 7.05 Å². The number of hydrogen-bond donors (Lipinski definition) is 2. The molecular weight excluding hydrogens is 154 g/mol. The van der Waals surface area contributed by atoms with Crippen molar-refractivity contribution in [2.75, 3.05) is 20.6 Å². The molecule has 0 bridgehead atoms. The van der Waals surface area contributed by atoms with Crippen molar-refractivity contribution in [2.24, 2.45) is 5.73 Å². The number of rotatable bonds is 2. The van der Waals surface area contributed by atoms with Crippen LogP contribution >= 0.6 is 0 Å². The van der Waals surface area contributed by atoms with Gasteiger partial charge in [-0.2, -0.15) is 0 Å². The highest BCUT2D eigenvalue weighted by atomic mass is 16.1. The van der Waals surface area contributed by atoms with Crippen molar-refractivity contribution < 1.29 is 4.79 Å². The molecule has 0 radical (unpaired) electrons. The molecule has 1 rings (SSSR count). The summed E-state index contributed by atoms with van der Waals surface area (Å²) in [6, 6.07) is 0.421. The second-order valence-electron chi connectivity index (χ2n) is 3.66. The van der Waals surface area contributed by atoms with E-state index in [0.29, 0.717) is 12.6 Å². The Morgan fingerprint density at radius 1 is 1.75 bits per heavy atom. The maximum atomic E-state index is 11.2. The number of likely N-dealkylation sites (tertiary alicyclic amines) is 1. The van der Waals surface area contributed by atoms with Gasteiger partial charge in [0.1, 0.15) is 5.54 Å². The summed E-state index contributed by atoms with van der Waals surface area (Å²) in [5, 5.41) is 3.02. The van der Waals surface area contributed by atoms with Gasteiger partial charge in [0, 0.05) is 12.6 Å². The third-order valence-corrected chi connectivity index (χ3v) is 2.87. The van der Waals surface area contributed by atoms with Crippen LogP contribution in [0.1, 0.15) is 13.3 Å². The summed E-state index contributed by atoms with van der Waals surface area (Å²) in [4.78, 5) is 13.3. The highest BCUT2D eigenvalue weighted by molar-refractivity contribution is 5.85. The number of nitrogens with one attached hydrogen (secondary N) is 1. The van der Waals surface area contributed by atoms with E-state index in [0.717, 1.165) is 6.42 Å². The highest BCUT2D eigenvalue weighted by Crippen LogP contribution is 2.24. The zero-order valence-electron chi connectivity index (χ0n) is 7.92. The first kappa shape index (κ1) is 9.48. The fourth-order valence-corrected chi connectivity index (χ4v) is 1.79. The number of hydrogen-bond acceptors (Lipinski definition) is 3. The Hall–Kier alpha value is -0.610. The summed E-state index contributed by atoms with van der Waals surface area (Å²) in [6.07, 6.45) is 0.801. The average molecular weight is 171 g/mol. The molecule has 12 heavy (non-hydrogen) atoms. The Morgan fingerprint density at radius 3 is 2.50 bits per heavy atom. The summed E-state index contributed by atoms with van der Waals surface area (Å²) >= 11 is 0. The zero-order valence-corrected chi connectivity index (χ0v) is 7.92. The second kappa shape index (κ2) is 3.03. The lowest BCUT2D eigenvalue weighted by atomic mass is 9.96. The Kier molecular flexibility index (Phi) is 2.39. The summed E-state index contributed by atoms with van der Waals surface area (Å²) in [6.45, 7) is 2.81. The van der Waals surface area contributed by atoms with E-state index in [1.54, 1.807) is 7.05 Å². The molecule has 4 heteroatoms. The van der Waals surface area contributed by atoms with Crippen LogP contribution in [0.5, 0.6) is 0 Å². The zero-order chi connectivity index (χ0) is 9.35. The summed E-state index contributed by atoms with van der Waals surface area (Å²) in [5.41, 5.74) is 4.83. The van der Waals surface area contributed by atoms with E-state index in [-0.39, 0.29) is 5.91 Å². The number of carbonyl (C=O) groups excluding carboxylic acids is 1. The molecule has 0 aromatic heterocycles. The maximum absolute atomic E-state index is 11.2. The normalized spacial score (nSPS) is 37.1. The van der Waals surface area contributed by atoms with Gasteiger partial charge >= 0.3 is 0 Å². The molecule has 4 nitrogen and oxygen atoms in total. The molecular formula is C8H17N3O. The Bertz CT molecular complexity index is 183. The van der Waals surface area contributed by atoms with Crippen molar-refractivity contribution in [3.63, 3.8) is 0 Å². The first-order chi connectivity index (χ1) is 5.52. The van der Waals surface area contributed by atoms with Crippen molar-refractivity contribution in [2.45, 2.75) is 24.9 Å². The molecule has 2 atom stereocenters. The van der Waals surface area contributed by atoms with Crippen molar-refractivity contribution >= 4 is 5.91 Å². The summed E-state index contributed by atoms with van der Waals surface area (Å²) < 4.78 is 0. The number of likely N-dealkylation sites (N-methyl/N-ethyl adjacent to an activating group) is 2. The molecule has 0 aliphatic carbocycles. The quantitative estimate of drug-likeness (QED) is 0.569. The number of carbonyl (C=O) groups is 1. The van der Waals surface area contributed by atoms with Gasteiger partial charge in [0.25, 0.3) is 0 Å². The van der Waals surface area contributed by atoms with Gasteiger partial charge in [-0.3, -0.25) is 4.79 Å².